The number of rotatable bonds is 8. The molecule has 1 aromatic heterocycles. The van der Waals surface area contributed by atoms with Crippen LogP contribution in [0.25, 0.3) is 0 Å². The molecule has 37 heavy (non-hydrogen) atoms. The third kappa shape index (κ3) is 6.29. The van der Waals surface area contributed by atoms with E-state index >= 15 is 0 Å². The number of halogens is 2. The minimum atomic E-state index is -3.61. The van der Waals surface area contributed by atoms with E-state index in [4.69, 9.17) is 23.2 Å². The van der Waals surface area contributed by atoms with E-state index in [1.807, 2.05) is 19.1 Å². The molecule has 202 valence electrons. The summed E-state index contributed by atoms with van der Waals surface area (Å²) in [5.74, 6) is -2.11. The van der Waals surface area contributed by atoms with Gasteiger partial charge in [0.15, 0.2) is 9.84 Å². The number of hydrogen-bond donors (Lipinski definition) is 1. The predicted molar refractivity (Wildman–Crippen MR) is 146 cm³/mol. The fourth-order valence-electron chi connectivity index (χ4n) is 5.07. The van der Waals surface area contributed by atoms with Crippen molar-refractivity contribution in [3.63, 3.8) is 0 Å². The second kappa shape index (κ2) is 10.9. The van der Waals surface area contributed by atoms with Crippen molar-refractivity contribution in [2.24, 2.45) is 5.41 Å². The number of carboxylic acid groups (broad SMARTS) is 1. The van der Waals surface area contributed by atoms with E-state index in [0.717, 1.165) is 11.1 Å². The second-order valence-corrected chi connectivity index (χ2v) is 14.7. The SMILES string of the molecule is CC[C@@H](CS(=O)(=O)C(C)(C)C)N1C(=O)[C@@](C)(CC(=O)O)C[C@H](c2cncc(Cl)c2)[C@H]1c1ccc(Cl)cc1. The van der Waals surface area contributed by atoms with Gasteiger partial charge in [-0.05, 0) is 62.9 Å². The van der Waals surface area contributed by atoms with Gasteiger partial charge in [-0.3, -0.25) is 14.6 Å². The third-order valence-electron chi connectivity index (χ3n) is 7.22. The number of piperidine rings is 1. The van der Waals surface area contributed by atoms with Gasteiger partial charge >= 0.3 is 5.97 Å². The molecule has 0 saturated carbocycles. The summed E-state index contributed by atoms with van der Waals surface area (Å²) < 4.78 is 25.6. The number of amides is 1. The van der Waals surface area contributed by atoms with Gasteiger partial charge in [0.05, 0.1) is 33.4 Å². The highest BCUT2D eigenvalue weighted by Crippen LogP contribution is 2.52. The fraction of sp³-hybridized carbons (Fsp3) is 0.519. The molecule has 0 bridgehead atoms. The lowest BCUT2D eigenvalue weighted by molar-refractivity contribution is -0.160. The number of aliphatic carboxylic acids is 1. The first-order valence-corrected chi connectivity index (χ1v) is 14.6. The highest BCUT2D eigenvalue weighted by molar-refractivity contribution is 7.92. The van der Waals surface area contributed by atoms with Crippen LogP contribution in [-0.2, 0) is 19.4 Å². The van der Waals surface area contributed by atoms with Crippen LogP contribution < -0.4 is 0 Å². The summed E-state index contributed by atoms with van der Waals surface area (Å²) in [6.45, 7) is 8.40. The Balaban J connectivity index is 2.27. The lowest BCUT2D eigenvalue weighted by Crippen LogP contribution is -2.58. The standard InChI is InChI=1S/C27H34Cl2N2O5S/c1-6-21(16-37(35,36)26(2,3)4)31-24(17-7-9-19(28)10-8-17)22(18-11-20(29)15-30-14-18)12-27(5,25(31)34)13-23(32)33/h7-11,14-15,21-22,24H,6,12-13,16H2,1-5H3,(H,32,33)/t21-,22+,24+,27+/m0/s1. The maximum atomic E-state index is 14.2. The molecular weight excluding hydrogens is 535 g/mol. The van der Waals surface area contributed by atoms with Gasteiger partial charge in [0.25, 0.3) is 0 Å². The molecule has 0 spiro atoms. The molecule has 1 N–H and O–H groups in total. The molecule has 1 saturated heterocycles. The Kier molecular flexibility index (Phi) is 8.67. The monoisotopic (exact) mass is 568 g/mol. The van der Waals surface area contributed by atoms with Crippen LogP contribution in [0, 0.1) is 5.41 Å². The lowest BCUT2D eigenvalue weighted by atomic mass is 9.67. The Labute approximate surface area is 229 Å². The van der Waals surface area contributed by atoms with Crippen molar-refractivity contribution in [2.45, 2.75) is 76.6 Å². The van der Waals surface area contributed by atoms with E-state index in [9.17, 15) is 23.1 Å². The van der Waals surface area contributed by atoms with Gasteiger partial charge in [-0.15, -0.1) is 0 Å². The van der Waals surface area contributed by atoms with E-state index in [1.165, 1.54) is 6.20 Å². The van der Waals surface area contributed by atoms with Crippen molar-refractivity contribution in [2.75, 3.05) is 5.75 Å². The molecule has 10 heteroatoms. The maximum Gasteiger partial charge on any atom is 0.304 e. The van der Waals surface area contributed by atoms with E-state index in [2.05, 4.69) is 4.98 Å². The first-order valence-electron chi connectivity index (χ1n) is 12.2. The molecule has 4 atom stereocenters. The fourth-order valence-corrected chi connectivity index (χ4v) is 6.78. The molecule has 0 radical (unpaired) electrons. The summed E-state index contributed by atoms with van der Waals surface area (Å²) in [5.41, 5.74) is 0.252. The maximum absolute atomic E-state index is 14.2. The van der Waals surface area contributed by atoms with Gasteiger partial charge in [0.1, 0.15) is 0 Å². The number of benzene rings is 1. The molecule has 0 aliphatic carbocycles. The minimum absolute atomic E-state index is 0.229. The zero-order chi connectivity index (χ0) is 27.8. The number of likely N-dealkylation sites (tertiary alicyclic amines) is 1. The summed E-state index contributed by atoms with van der Waals surface area (Å²) in [5, 5.41) is 10.7. The van der Waals surface area contributed by atoms with Crippen LogP contribution in [0.1, 0.15) is 77.0 Å². The number of carbonyl (C=O) groups is 2. The smallest absolute Gasteiger partial charge is 0.304 e. The van der Waals surface area contributed by atoms with Crippen LogP contribution >= 0.6 is 23.2 Å². The second-order valence-electron chi connectivity index (χ2n) is 11.0. The zero-order valence-corrected chi connectivity index (χ0v) is 24.1. The molecule has 1 fully saturated rings. The van der Waals surface area contributed by atoms with Crippen LogP contribution in [0.2, 0.25) is 10.0 Å². The Morgan fingerprint density at radius 1 is 1.16 bits per heavy atom. The number of pyridine rings is 1. The topological polar surface area (TPSA) is 105 Å². The summed E-state index contributed by atoms with van der Waals surface area (Å²) in [6.07, 6.45) is 3.39. The third-order valence-corrected chi connectivity index (χ3v) is 10.4. The number of nitrogens with zero attached hydrogens (tertiary/aromatic N) is 2. The first kappa shape index (κ1) is 29.4. The predicted octanol–water partition coefficient (Wildman–Crippen LogP) is 5.92. The van der Waals surface area contributed by atoms with Crippen molar-refractivity contribution in [1.29, 1.82) is 0 Å². The normalized spacial score (nSPS) is 23.6. The Bertz CT molecular complexity index is 1260. The first-order chi connectivity index (χ1) is 17.1. The summed E-state index contributed by atoms with van der Waals surface area (Å²) in [4.78, 5) is 32.0. The molecule has 3 rings (SSSR count). The molecular formula is C27H34Cl2N2O5S. The molecule has 1 aliphatic rings. The molecule has 2 aromatic rings. The van der Waals surface area contributed by atoms with Gasteiger partial charge in [0, 0.05) is 29.4 Å². The van der Waals surface area contributed by atoms with E-state index in [1.54, 1.807) is 57.0 Å². The Morgan fingerprint density at radius 3 is 2.30 bits per heavy atom. The molecule has 0 unspecified atom stereocenters. The average Bonchev–Trinajstić information content (AvgIpc) is 2.78. The number of carbonyl (C=O) groups excluding carboxylic acids is 1. The molecule has 2 heterocycles. The molecule has 1 aromatic carbocycles. The van der Waals surface area contributed by atoms with Crippen molar-refractivity contribution >= 4 is 44.9 Å². The highest BCUT2D eigenvalue weighted by atomic mass is 35.5. The van der Waals surface area contributed by atoms with Crippen LogP contribution in [0.5, 0.6) is 0 Å². The lowest BCUT2D eigenvalue weighted by Gasteiger charge is -2.52. The highest BCUT2D eigenvalue weighted by Gasteiger charge is 2.53. The molecule has 7 nitrogen and oxygen atoms in total. The summed E-state index contributed by atoms with van der Waals surface area (Å²) in [7, 11) is -3.61. The van der Waals surface area contributed by atoms with Crippen molar-refractivity contribution in [3.8, 4) is 0 Å². The summed E-state index contributed by atoms with van der Waals surface area (Å²) in [6, 6.07) is 7.61. The summed E-state index contributed by atoms with van der Waals surface area (Å²) >= 11 is 12.5. The van der Waals surface area contributed by atoms with Crippen molar-refractivity contribution < 1.29 is 23.1 Å². The number of sulfone groups is 1. The van der Waals surface area contributed by atoms with Crippen molar-refractivity contribution in [3.05, 3.63) is 63.9 Å². The molecule has 1 aliphatic heterocycles. The number of hydrogen-bond acceptors (Lipinski definition) is 5. The van der Waals surface area contributed by atoms with Gasteiger partial charge < -0.3 is 10.0 Å². The molecule has 1 amide bonds. The van der Waals surface area contributed by atoms with E-state index in [0.29, 0.717) is 16.5 Å². The Morgan fingerprint density at radius 2 is 1.78 bits per heavy atom. The van der Waals surface area contributed by atoms with Crippen LogP contribution in [-0.4, -0.2) is 51.8 Å². The van der Waals surface area contributed by atoms with Crippen molar-refractivity contribution in [1.82, 2.24) is 9.88 Å². The largest absolute Gasteiger partial charge is 0.481 e. The van der Waals surface area contributed by atoms with Gasteiger partial charge in [-0.25, -0.2) is 8.42 Å². The van der Waals surface area contributed by atoms with Gasteiger partial charge in [-0.2, -0.15) is 0 Å². The Hall–Kier alpha value is -2.16. The van der Waals surface area contributed by atoms with E-state index < -0.39 is 38.1 Å². The van der Waals surface area contributed by atoms with Crippen LogP contribution in [0.15, 0.2) is 42.7 Å². The van der Waals surface area contributed by atoms with E-state index in [-0.39, 0.29) is 30.4 Å². The van der Waals surface area contributed by atoms with Crippen LogP contribution in [0.3, 0.4) is 0 Å². The average molecular weight is 570 g/mol. The quantitative estimate of drug-likeness (QED) is 0.423. The number of carboxylic acids is 1. The van der Waals surface area contributed by atoms with Crippen LogP contribution in [0.4, 0.5) is 0 Å². The minimum Gasteiger partial charge on any atom is -0.481 e. The van der Waals surface area contributed by atoms with Gasteiger partial charge in [0.2, 0.25) is 5.91 Å². The zero-order valence-electron chi connectivity index (χ0n) is 21.7. The van der Waals surface area contributed by atoms with Gasteiger partial charge in [-0.1, -0.05) is 49.2 Å². The number of aromatic nitrogens is 1.